The van der Waals surface area contributed by atoms with Gasteiger partial charge in [0.05, 0.1) is 0 Å². The molecule has 0 amide bonds. The van der Waals surface area contributed by atoms with Gasteiger partial charge in [0.2, 0.25) is 0 Å². The quantitative estimate of drug-likeness (QED) is 0.509. The van der Waals surface area contributed by atoms with Crippen molar-refractivity contribution in [1.29, 1.82) is 0 Å². The zero-order valence-electron chi connectivity index (χ0n) is 18.2. The number of hydrogen-bond acceptors (Lipinski definition) is 4. The molecule has 0 saturated carbocycles. The zero-order chi connectivity index (χ0) is 21.4. The first kappa shape index (κ1) is 23.3. The van der Waals surface area contributed by atoms with Gasteiger partial charge in [-0.25, -0.2) is 0 Å². The molecule has 1 aliphatic heterocycles. The van der Waals surface area contributed by atoms with E-state index in [4.69, 9.17) is 0 Å². The number of nitrogens with one attached hydrogen (secondary N) is 2. The summed E-state index contributed by atoms with van der Waals surface area (Å²) in [5, 5.41) is 6.62. The summed E-state index contributed by atoms with van der Waals surface area (Å²) >= 11 is 0. The molecule has 164 valence electrons. The number of rotatable bonds is 8. The van der Waals surface area contributed by atoms with Gasteiger partial charge in [0.25, 0.3) is 0 Å². The van der Waals surface area contributed by atoms with Gasteiger partial charge in [0.1, 0.15) is 5.75 Å². The second-order valence-electron chi connectivity index (χ2n) is 7.95. The fourth-order valence-electron chi connectivity index (χ4n) is 3.60. The Labute approximate surface area is 173 Å². The van der Waals surface area contributed by atoms with Crippen LogP contribution in [-0.2, 0) is 6.54 Å². The van der Waals surface area contributed by atoms with Crippen molar-refractivity contribution in [3.8, 4) is 5.75 Å². The minimum atomic E-state index is -2.84. The van der Waals surface area contributed by atoms with Gasteiger partial charge >= 0.3 is 6.61 Å². The van der Waals surface area contributed by atoms with Crippen LogP contribution in [0, 0.1) is 12.8 Å². The summed E-state index contributed by atoms with van der Waals surface area (Å²) in [5.74, 6) is 1.34. The highest BCUT2D eigenvalue weighted by molar-refractivity contribution is 5.79. The van der Waals surface area contributed by atoms with Crippen molar-refractivity contribution in [2.75, 3.05) is 46.8 Å². The number of aliphatic imine (C=N–C) groups is 1. The fraction of sp³-hybridized carbons (Fsp3) is 0.667. The van der Waals surface area contributed by atoms with Gasteiger partial charge in [0.15, 0.2) is 5.96 Å². The average molecular weight is 412 g/mol. The van der Waals surface area contributed by atoms with E-state index in [1.54, 1.807) is 19.2 Å². The van der Waals surface area contributed by atoms with Crippen molar-refractivity contribution in [3.63, 3.8) is 0 Å². The van der Waals surface area contributed by atoms with Crippen LogP contribution >= 0.6 is 0 Å². The molecule has 1 heterocycles. The molecule has 2 N–H and O–H groups in total. The second-order valence-corrected chi connectivity index (χ2v) is 7.95. The summed E-state index contributed by atoms with van der Waals surface area (Å²) in [5.41, 5.74) is 1.66. The Morgan fingerprint density at radius 2 is 1.86 bits per heavy atom. The molecule has 1 saturated heterocycles. The van der Waals surface area contributed by atoms with Gasteiger partial charge in [-0.3, -0.25) is 9.89 Å². The number of hydrogen-bond donors (Lipinski definition) is 2. The standard InChI is InChI=1S/C21H35F2N5O/c1-15(2)18(28-10-8-27(5)9-11-28)14-26-21(24-4)25-13-17-12-16(3)6-7-19(17)29-20(22)23/h6-7,12,15,18,20H,8-11,13-14H2,1-5H3,(H2,24,25,26). The lowest BCUT2D eigenvalue weighted by atomic mass is 10.0. The molecular formula is C21H35F2N5O. The number of likely N-dealkylation sites (N-methyl/N-ethyl adjacent to an activating group) is 1. The van der Waals surface area contributed by atoms with Gasteiger partial charge < -0.3 is 20.3 Å². The third kappa shape index (κ3) is 7.44. The van der Waals surface area contributed by atoms with Crippen LogP contribution in [-0.4, -0.2) is 75.2 Å². The summed E-state index contributed by atoms with van der Waals surface area (Å²) in [6.45, 7) is 8.96. The Kier molecular flexibility index (Phi) is 9.10. The van der Waals surface area contributed by atoms with Crippen LogP contribution in [0.3, 0.4) is 0 Å². The van der Waals surface area contributed by atoms with E-state index in [9.17, 15) is 8.78 Å². The van der Waals surface area contributed by atoms with Crippen LogP contribution in [0.25, 0.3) is 0 Å². The summed E-state index contributed by atoms with van der Waals surface area (Å²) < 4.78 is 30.0. The fourth-order valence-corrected chi connectivity index (χ4v) is 3.60. The first-order valence-corrected chi connectivity index (χ1v) is 10.2. The number of nitrogens with zero attached hydrogens (tertiary/aromatic N) is 3. The molecule has 1 unspecified atom stereocenters. The molecule has 1 aromatic carbocycles. The van der Waals surface area contributed by atoms with E-state index in [0.29, 0.717) is 30.0 Å². The summed E-state index contributed by atoms with van der Waals surface area (Å²) in [6, 6.07) is 5.59. The molecule has 1 aromatic rings. The highest BCUT2D eigenvalue weighted by atomic mass is 19.3. The number of ether oxygens (including phenoxy) is 1. The van der Waals surface area contributed by atoms with Crippen LogP contribution in [0.2, 0.25) is 0 Å². The van der Waals surface area contributed by atoms with E-state index in [-0.39, 0.29) is 5.75 Å². The van der Waals surface area contributed by atoms with E-state index in [1.165, 1.54) is 0 Å². The normalized spacial score (nSPS) is 17.6. The van der Waals surface area contributed by atoms with E-state index >= 15 is 0 Å². The Hall–Kier alpha value is -1.93. The van der Waals surface area contributed by atoms with Gasteiger partial charge in [0, 0.05) is 57.9 Å². The number of guanidine groups is 1. The lowest BCUT2D eigenvalue weighted by Gasteiger charge is -2.40. The predicted molar refractivity (Wildman–Crippen MR) is 114 cm³/mol. The van der Waals surface area contributed by atoms with Gasteiger partial charge in [-0.05, 0) is 26.0 Å². The van der Waals surface area contributed by atoms with Crippen LogP contribution in [0.15, 0.2) is 23.2 Å². The Balaban J connectivity index is 1.94. The highest BCUT2D eigenvalue weighted by Gasteiger charge is 2.25. The molecule has 0 spiro atoms. The zero-order valence-corrected chi connectivity index (χ0v) is 18.2. The molecule has 0 radical (unpaired) electrons. The summed E-state index contributed by atoms with van der Waals surface area (Å²) in [7, 11) is 3.87. The SMILES string of the molecule is CN=C(NCc1cc(C)ccc1OC(F)F)NCC(C(C)C)N1CCN(C)CC1. The first-order valence-electron chi connectivity index (χ1n) is 10.2. The number of piperazine rings is 1. The molecule has 1 fully saturated rings. The van der Waals surface area contributed by atoms with Gasteiger partial charge in [-0.1, -0.05) is 31.5 Å². The van der Waals surface area contributed by atoms with Crippen LogP contribution in [0.1, 0.15) is 25.0 Å². The lowest BCUT2D eigenvalue weighted by molar-refractivity contribution is -0.0504. The smallest absolute Gasteiger partial charge is 0.387 e. The molecule has 0 bridgehead atoms. The van der Waals surface area contributed by atoms with E-state index in [1.807, 2.05) is 13.0 Å². The maximum atomic E-state index is 12.7. The molecule has 6 nitrogen and oxygen atoms in total. The summed E-state index contributed by atoms with van der Waals surface area (Å²) in [4.78, 5) is 9.16. The van der Waals surface area contributed by atoms with E-state index in [0.717, 1.165) is 38.3 Å². The second kappa shape index (κ2) is 11.3. The van der Waals surface area contributed by atoms with Crippen molar-refractivity contribution in [2.45, 2.75) is 40.0 Å². The van der Waals surface area contributed by atoms with Crippen LogP contribution in [0.5, 0.6) is 5.75 Å². The topological polar surface area (TPSA) is 52.1 Å². The van der Waals surface area contributed by atoms with Crippen molar-refractivity contribution in [2.24, 2.45) is 10.9 Å². The largest absolute Gasteiger partial charge is 0.434 e. The molecular weight excluding hydrogens is 376 g/mol. The molecule has 1 aliphatic rings. The predicted octanol–water partition coefficient (Wildman–Crippen LogP) is 2.53. The van der Waals surface area contributed by atoms with E-state index in [2.05, 4.69) is 51.1 Å². The molecule has 8 heteroatoms. The van der Waals surface area contributed by atoms with Crippen LogP contribution in [0.4, 0.5) is 8.78 Å². The maximum Gasteiger partial charge on any atom is 0.387 e. The van der Waals surface area contributed by atoms with Crippen molar-refractivity contribution in [1.82, 2.24) is 20.4 Å². The molecule has 1 atom stereocenters. The maximum absolute atomic E-state index is 12.7. The molecule has 2 rings (SSSR count). The van der Waals surface area contributed by atoms with Crippen molar-refractivity contribution >= 4 is 5.96 Å². The minimum absolute atomic E-state index is 0.186. The Morgan fingerprint density at radius 1 is 1.17 bits per heavy atom. The van der Waals surface area contributed by atoms with E-state index < -0.39 is 6.61 Å². The minimum Gasteiger partial charge on any atom is -0.434 e. The first-order chi connectivity index (χ1) is 13.8. The number of halogens is 2. The molecule has 0 aliphatic carbocycles. The summed E-state index contributed by atoms with van der Waals surface area (Å²) in [6.07, 6.45) is 0. The monoisotopic (exact) mass is 411 g/mol. The van der Waals surface area contributed by atoms with Crippen molar-refractivity contribution < 1.29 is 13.5 Å². The lowest BCUT2D eigenvalue weighted by Crippen LogP contribution is -2.55. The number of alkyl halides is 2. The van der Waals surface area contributed by atoms with Crippen molar-refractivity contribution in [3.05, 3.63) is 29.3 Å². The highest BCUT2D eigenvalue weighted by Crippen LogP contribution is 2.22. The molecule has 0 aromatic heterocycles. The number of benzene rings is 1. The van der Waals surface area contributed by atoms with Crippen LogP contribution < -0.4 is 15.4 Å². The Bertz CT molecular complexity index is 660. The Morgan fingerprint density at radius 3 is 2.45 bits per heavy atom. The van der Waals surface area contributed by atoms with Gasteiger partial charge in [-0.15, -0.1) is 0 Å². The number of aryl methyl sites for hydroxylation is 1. The average Bonchev–Trinajstić information content (AvgIpc) is 2.67. The van der Waals surface area contributed by atoms with Gasteiger partial charge in [-0.2, -0.15) is 8.78 Å². The third-order valence-corrected chi connectivity index (χ3v) is 5.36. The third-order valence-electron chi connectivity index (χ3n) is 5.36. The molecule has 29 heavy (non-hydrogen) atoms.